The second kappa shape index (κ2) is 17.2. The fraction of sp³-hybridized carbons (Fsp3) is 0.125. The molecule has 0 atom stereocenters. The molecule has 220 valence electrons. The van der Waals surface area contributed by atoms with Gasteiger partial charge in [-0.2, -0.15) is 60.7 Å². The van der Waals surface area contributed by atoms with E-state index in [1.165, 1.54) is 0 Å². The predicted octanol–water partition coefficient (Wildman–Crippen LogP) is 5.98. The number of para-hydroxylation sites is 2. The van der Waals surface area contributed by atoms with Crippen molar-refractivity contribution in [3.63, 3.8) is 0 Å². The number of benzene rings is 4. The first kappa shape index (κ1) is 33.6. The zero-order valence-corrected chi connectivity index (χ0v) is 27.3. The van der Waals surface area contributed by atoms with Crippen molar-refractivity contribution < 1.29 is 46.0 Å². The van der Waals surface area contributed by atoms with Crippen molar-refractivity contribution in [3.8, 4) is 0 Å². The van der Waals surface area contributed by atoms with E-state index in [9.17, 15) is 9.59 Å². The number of carbonyl (C=O) groups excluding carboxylic acids is 2. The van der Waals surface area contributed by atoms with Gasteiger partial charge in [-0.3, -0.25) is 19.6 Å². The van der Waals surface area contributed by atoms with E-state index < -0.39 is 0 Å². The number of hydrogen-bond acceptors (Lipinski definition) is 4. The first-order valence-corrected chi connectivity index (χ1v) is 16.5. The van der Waals surface area contributed by atoms with Crippen molar-refractivity contribution in [2.45, 2.75) is 0 Å². The summed E-state index contributed by atoms with van der Waals surface area (Å²) in [5.74, 6) is 0.00437. The molecule has 0 N–H and O–H groups in total. The van der Waals surface area contributed by atoms with Gasteiger partial charge < -0.3 is 9.80 Å². The average molecular weight is 782 g/mol. The van der Waals surface area contributed by atoms with Crippen LogP contribution in [0.4, 0.5) is 11.4 Å². The molecular formula is C32H26Cl2N4O2Pd2. The average Bonchev–Trinajstić information content (AvgIpc) is 3.28. The third-order valence-electron chi connectivity index (χ3n) is 6.50. The maximum absolute atomic E-state index is 12.0. The Morgan fingerprint density at radius 1 is 0.619 bits per heavy atom. The van der Waals surface area contributed by atoms with Gasteiger partial charge in [-0.25, -0.2) is 0 Å². The number of anilines is 2. The predicted molar refractivity (Wildman–Crippen MR) is 163 cm³/mol. The van der Waals surface area contributed by atoms with E-state index in [-0.39, 0.29) is 24.9 Å². The van der Waals surface area contributed by atoms with Crippen LogP contribution in [0.15, 0.2) is 107 Å². The molecule has 0 bridgehead atoms. The molecule has 10 heteroatoms. The molecule has 0 saturated heterocycles. The van der Waals surface area contributed by atoms with Crippen LogP contribution in [0, 0.1) is 12.1 Å². The normalized spacial score (nSPS) is 13.6. The Morgan fingerprint density at radius 3 is 1.36 bits per heavy atom. The molecule has 0 unspecified atom stereocenters. The molecule has 4 aromatic carbocycles. The summed E-state index contributed by atoms with van der Waals surface area (Å²) in [5.41, 5.74) is 7.43. The fourth-order valence-corrected chi connectivity index (χ4v) is 4.45. The SMILES string of the molecule is CN1C(=O)CN=C(c2c[c-]ccc2)c2ccccc21.CN1C(=O)CN=C(c2c[c-]ccc2)c2ccccc21.[Cl][Pd+].[Cl][Pd+]. The van der Waals surface area contributed by atoms with Gasteiger partial charge in [-0.05, 0) is 12.1 Å². The van der Waals surface area contributed by atoms with E-state index in [1.807, 2.05) is 97.1 Å². The summed E-state index contributed by atoms with van der Waals surface area (Å²) in [6.07, 6.45) is 0. The number of nitrogens with zero attached hydrogens (tertiary/aromatic N) is 4. The first-order chi connectivity index (χ1) is 20.5. The zero-order chi connectivity index (χ0) is 30.5. The van der Waals surface area contributed by atoms with Gasteiger partial charge in [0, 0.05) is 36.6 Å². The number of fused-ring (bicyclic) bond motifs is 2. The van der Waals surface area contributed by atoms with Crippen LogP contribution >= 0.6 is 19.1 Å². The Morgan fingerprint density at radius 2 is 1.00 bits per heavy atom. The molecule has 0 spiro atoms. The molecule has 0 fully saturated rings. The second-order valence-electron chi connectivity index (χ2n) is 8.85. The molecule has 0 aliphatic carbocycles. The summed E-state index contributed by atoms with van der Waals surface area (Å²) in [4.78, 5) is 36.2. The van der Waals surface area contributed by atoms with E-state index in [2.05, 4.69) is 77.5 Å². The van der Waals surface area contributed by atoms with Crippen molar-refractivity contribution in [2.24, 2.45) is 9.98 Å². The van der Waals surface area contributed by atoms with Gasteiger partial charge >= 0.3 is 55.4 Å². The van der Waals surface area contributed by atoms with Gasteiger partial charge in [0.05, 0.1) is 11.4 Å². The van der Waals surface area contributed by atoms with E-state index in [1.54, 1.807) is 23.9 Å². The van der Waals surface area contributed by atoms with Gasteiger partial charge in [-0.15, -0.1) is 11.1 Å². The Labute approximate surface area is 276 Å². The standard InChI is InChI=1S/2C16H13N2O.2ClH.2Pd/c2*1-18-14-10-6-5-9-13(14)16(17-11-15(18)19)12-7-3-2-4-8-12;;;;/h2*2-3,5-10H,11H2,1H3;2*1H;;/q2*-1;;;2*+2/p-2. The molecule has 2 amide bonds. The third kappa shape index (κ3) is 8.12. The van der Waals surface area contributed by atoms with Crippen molar-refractivity contribution in [2.75, 3.05) is 37.0 Å². The Kier molecular flexibility index (Phi) is 13.8. The minimum absolute atomic E-state index is 0.00219. The van der Waals surface area contributed by atoms with Crippen LogP contribution in [0.3, 0.4) is 0 Å². The molecule has 0 aromatic heterocycles. The van der Waals surface area contributed by atoms with Crippen LogP contribution < -0.4 is 9.80 Å². The summed E-state index contributed by atoms with van der Waals surface area (Å²) < 4.78 is 0. The molecule has 0 saturated carbocycles. The molecule has 2 heterocycles. The van der Waals surface area contributed by atoms with Crippen LogP contribution in [0.25, 0.3) is 0 Å². The minimum atomic E-state index is 0.00219. The summed E-state index contributed by atoms with van der Waals surface area (Å²) in [5, 5.41) is 0. The van der Waals surface area contributed by atoms with Crippen molar-refractivity contribution >= 4 is 53.7 Å². The van der Waals surface area contributed by atoms with Crippen molar-refractivity contribution in [1.29, 1.82) is 0 Å². The molecule has 4 aromatic rings. The Bertz CT molecular complexity index is 1430. The molecule has 42 heavy (non-hydrogen) atoms. The van der Waals surface area contributed by atoms with Gasteiger partial charge in [0.2, 0.25) is 11.8 Å². The maximum atomic E-state index is 12.0. The van der Waals surface area contributed by atoms with Crippen LogP contribution in [0.5, 0.6) is 0 Å². The molecule has 2 aliphatic rings. The summed E-state index contributed by atoms with van der Waals surface area (Å²) in [6.45, 7) is 0.352. The molecule has 6 nitrogen and oxygen atoms in total. The third-order valence-corrected chi connectivity index (χ3v) is 6.50. The second-order valence-corrected chi connectivity index (χ2v) is 8.85. The van der Waals surface area contributed by atoms with Crippen molar-refractivity contribution in [3.05, 3.63) is 131 Å². The number of aliphatic imine (C=N–C) groups is 2. The number of rotatable bonds is 2. The van der Waals surface area contributed by atoms with Crippen molar-refractivity contribution in [1.82, 2.24) is 0 Å². The monoisotopic (exact) mass is 780 g/mol. The van der Waals surface area contributed by atoms with Gasteiger partial charge in [-0.1, -0.05) is 36.4 Å². The zero-order valence-electron chi connectivity index (χ0n) is 22.6. The molecule has 6 rings (SSSR count). The van der Waals surface area contributed by atoms with Gasteiger partial charge in [0.25, 0.3) is 0 Å². The topological polar surface area (TPSA) is 65.3 Å². The van der Waals surface area contributed by atoms with E-state index >= 15 is 0 Å². The summed E-state index contributed by atoms with van der Waals surface area (Å²) >= 11 is 4.44. The van der Waals surface area contributed by atoms with E-state index in [0.29, 0.717) is 0 Å². The Hall–Kier alpha value is -2.94. The number of likely N-dealkylation sites (N-methyl/N-ethyl adjacent to an activating group) is 2. The van der Waals surface area contributed by atoms with Crippen LogP contribution in [0.1, 0.15) is 22.3 Å². The van der Waals surface area contributed by atoms with Crippen LogP contribution in [-0.2, 0) is 46.0 Å². The molecular weight excluding hydrogens is 756 g/mol. The number of hydrogen-bond donors (Lipinski definition) is 0. The van der Waals surface area contributed by atoms with Crippen LogP contribution in [-0.4, -0.2) is 50.4 Å². The summed E-state index contributed by atoms with van der Waals surface area (Å²) in [7, 11) is 12.6. The number of carbonyl (C=O) groups is 2. The Balaban J connectivity index is 0.000000206. The van der Waals surface area contributed by atoms with E-state index in [4.69, 9.17) is 0 Å². The summed E-state index contributed by atoms with van der Waals surface area (Å²) in [6, 6.07) is 37.1. The van der Waals surface area contributed by atoms with Gasteiger partial charge in [0.15, 0.2) is 0 Å². The number of benzodiazepines with no additional fused rings is 2. The van der Waals surface area contributed by atoms with Crippen LogP contribution in [0.2, 0.25) is 0 Å². The van der Waals surface area contributed by atoms with E-state index in [0.717, 1.165) is 45.1 Å². The number of amides is 2. The fourth-order valence-electron chi connectivity index (χ4n) is 4.45. The molecule has 0 radical (unpaired) electrons. The number of halogens is 2. The van der Waals surface area contributed by atoms with Gasteiger partial charge in [0.1, 0.15) is 13.1 Å². The quantitative estimate of drug-likeness (QED) is 0.186. The first-order valence-electron chi connectivity index (χ1n) is 12.5. The molecule has 2 aliphatic heterocycles.